The molecule has 4 nitrogen and oxygen atoms in total. The quantitative estimate of drug-likeness (QED) is 0.679. The van der Waals surface area contributed by atoms with Crippen molar-refractivity contribution in [3.05, 3.63) is 28.8 Å². The smallest absolute Gasteiger partial charge is 0.327 e. The molecule has 1 unspecified atom stereocenters. The molecule has 0 aromatic heterocycles. The third kappa shape index (κ3) is 3.30. The molecule has 0 spiro atoms. The molecule has 1 aromatic carbocycles. The number of nitrogens with zero attached hydrogens (tertiary/aromatic N) is 1. The molecular weight excluding hydrogens is 252 g/mol. The standard InChI is InChI=1S/C16H22N2O2/c1-6-20-15(19)12(9-17)11-8-13(16(3,4)5)14(18)7-10(11)2/h7-8,12H,6,18H2,1-5H3. The SMILES string of the molecule is CCOC(=O)C(C#N)c1cc(C(C)(C)C)c(N)cc1C. The summed E-state index contributed by atoms with van der Waals surface area (Å²) in [4.78, 5) is 11.9. The summed E-state index contributed by atoms with van der Waals surface area (Å²) in [6.45, 7) is 9.97. The van der Waals surface area contributed by atoms with E-state index in [9.17, 15) is 10.1 Å². The van der Waals surface area contributed by atoms with Gasteiger partial charge < -0.3 is 10.5 Å². The first-order valence-corrected chi connectivity index (χ1v) is 6.69. The lowest BCUT2D eigenvalue weighted by Crippen LogP contribution is -2.19. The number of hydrogen-bond donors (Lipinski definition) is 1. The highest BCUT2D eigenvalue weighted by Gasteiger charge is 2.26. The largest absolute Gasteiger partial charge is 0.465 e. The summed E-state index contributed by atoms with van der Waals surface area (Å²) >= 11 is 0. The molecule has 20 heavy (non-hydrogen) atoms. The Morgan fingerprint density at radius 3 is 2.50 bits per heavy atom. The summed E-state index contributed by atoms with van der Waals surface area (Å²) in [7, 11) is 0. The van der Waals surface area contributed by atoms with Crippen LogP contribution in [0.1, 0.15) is 50.3 Å². The predicted molar refractivity (Wildman–Crippen MR) is 79.3 cm³/mol. The first-order chi connectivity index (χ1) is 9.22. The molecule has 1 aromatic rings. The monoisotopic (exact) mass is 274 g/mol. The molecule has 0 saturated carbocycles. The van der Waals surface area contributed by atoms with Crippen molar-refractivity contribution in [2.75, 3.05) is 12.3 Å². The van der Waals surface area contributed by atoms with Crippen LogP contribution in [0.15, 0.2) is 12.1 Å². The van der Waals surface area contributed by atoms with Crippen LogP contribution in [0.3, 0.4) is 0 Å². The zero-order chi connectivity index (χ0) is 15.5. The highest BCUT2D eigenvalue weighted by molar-refractivity contribution is 5.82. The molecular formula is C16H22N2O2. The Kier molecular flexibility index (Phi) is 4.78. The van der Waals surface area contributed by atoms with Gasteiger partial charge in [0.15, 0.2) is 5.92 Å². The third-order valence-electron chi connectivity index (χ3n) is 3.21. The molecule has 0 fully saturated rings. The maximum Gasteiger partial charge on any atom is 0.327 e. The maximum absolute atomic E-state index is 11.9. The number of aryl methyl sites for hydroxylation is 1. The number of carbonyl (C=O) groups is 1. The average molecular weight is 274 g/mol. The first kappa shape index (κ1) is 16.0. The van der Waals surface area contributed by atoms with E-state index in [4.69, 9.17) is 10.5 Å². The fraction of sp³-hybridized carbons (Fsp3) is 0.500. The molecule has 0 bridgehead atoms. The normalized spacial score (nSPS) is 12.6. The lowest BCUT2D eigenvalue weighted by molar-refractivity contribution is -0.143. The maximum atomic E-state index is 11.9. The number of nitrogens with two attached hydrogens (primary N) is 1. The van der Waals surface area contributed by atoms with Crippen molar-refractivity contribution in [3.8, 4) is 6.07 Å². The third-order valence-corrected chi connectivity index (χ3v) is 3.21. The average Bonchev–Trinajstić information content (AvgIpc) is 2.31. The Balaban J connectivity index is 3.37. The van der Waals surface area contributed by atoms with E-state index in [0.717, 1.165) is 11.1 Å². The van der Waals surface area contributed by atoms with Crippen LogP contribution in [0.4, 0.5) is 5.69 Å². The van der Waals surface area contributed by atoms with Gasteiger partial charge in [0.2, 0.25) is 0 Å². The highest BCUT2D eigenvalue weighted by Crippen LogP contribution is 2.33. The molecule has 0 aliphatic carbocycles. The molecule has 0 radical (unpaired) electrons. The molecule has 2 N–H and O–H groups in total. The molecule has 1 atom stereocenters. The number of ether oxygens (including phenoxy) is 1. The van der Waals surface area contributed by atoms with E-state index >= 15 is 0 Å². The van der Waals surface area contributed by atoms with Crippen LogP contribution in [-0.4, -0.2) is 12.6 Å². The lowest BCUT2D eigenvalue weighted by Gasteiger charge is -2.24. The Morgan fingerprint density at radius 1 is 1.45 bits per heavy atom. The number of nitrogen functional groups attached to an aromatic ring is 1. The first-order valence-electron chi connectivity index (χ1n) is 6.69. The van der Waals surface area contributed by atoms with Gasteiger partial charge in [-0.3, -0.25) is 4.79 Å². The summed E-state index contributed by atoms with van der Waals surface area (Å²) in [6.07, 6.45) is 0. The van der Waals surface area contributed by atoms with Gasteiger partial charge in [-0.25, -0.2) is 0 Å². The zero-order valence-corrected chi connectivity index (χ0v) is 12.8. The Morgan fingerprint density at radius 2 is 2.05 bits per heavy atom. The number of rotatable bonds is 3. The van der Waals surface area contributed by atoms with Crippen LogP contribution in [0.2, 0.25) is 0 Å². The molecule has 0 aliphatic heterocycles. The lowest BCUT2D eigenvalue weighted by atomic mass is 9.82. The van der Waals surface area contributed by atoms with Crippen molar-refractivity contribution >= 4 is 11.7 Å². The van der Waals surface area contributed by atoms with Crippen molar-refractivity contribution < 1.29 is 9.53 Å². The highest BCUT2D eigenvalue weighted by atomic mass is 16.5. The van der Waals surface area contributed by atoms with Crippen molar-refractivity contribution in [1.82, 2.24) is 0 Å². The van der Waals surface area contributed by atoms with Gasteiger partial charge in [-0.1, -0.05) is 26.8 Å². The van der Waals surface area contributed by atoms with Crippen LogP contribution in [0, 0.1) is 18.3 Å². The fourth-order valence-electron chi connectivity index (χ4n) is 2.18. The van der Waals surface area contributed by atoms with E-state index in [1.807, 2.05) is 45.9 Å². The topological polar surface area (TPSA) is 76.1 Å². The van der Waals surface area contributed by atoms with Crippen molar-refractivity contribution in [3.63, 3.8) is 0 Å². The molecule has 108 valence electrons. The van der Waals surface area contributed by atoms with E-state index < -0.39 is 11.9 Å². The van der Waals surface area contributed by atoms with Gasteiger partial charge in [0.25, 0.3) is 0 Å². The van der Waals surface area contributed by atoms with Crippen molar-refractivity contribution in [2.24, 2.45) is 0 Å². The van der Waals surface area contributed by atoms with Crippen molar-refractivity contribution in [1.29, 1.82) is 5.26 Å². The summed E-state index contributed by atoms with van der Waals surface area (Å²) < 4.78 is 4.97. The van der Waals surface area contributed by atoms with Crippen LogP contribution in [0.5, 0.6) is 0 Å². The van der Waals surface area contributed by atoms with Crippen molar-refractivity contribution in [2.45, 2.75) is 46.0 Å². The number of nitriles is 1. The minimum absolute atomic E-state index is 0.152. The van der Waals surface area contributed by atoms with Gasteiger partial charge in [-0.05, 0) is 42.0 Å². The van der Waals surface area contributed by atoms with Crippen LogP contribution in [0.25, 0.3) is 0 Å². The molecule has 1 rings (SSSR count). The Labute approximate surface area is 120 Å². The Hall–Kier alpha value is -2.02. The summed E-state index contributed by atoms with van der Waals surface area (Å²) in [6, 6.07) is 5.70. The number of esters is 1. The molecule has 4 heteroatoms. The van der Waals surface area contributed by atoms with Gasteiger partial charge in [-0.2, -0.15) is 5.26 Å². The molecule has 0 saturated heterocycles. The fourth-order valence-corrected chi connectivity index (χ4v) is 2.18. The summed E-state index contributed by atoms with van der Waals surface area (Å²) in [5.74, 6) is -1.42. The van der Waals surface area contributed by atoms with Gasteiger partial charge in [0.1, 0.15) is 0 Å². The van der Waals surface area contributed by atoms with E-state index in [-0.39, 0.29) is 12.0 Å². The Bertz CT molecular complexity index is 551. The van der Waals surface area contributed by atoms with E-state index in [1.54, 1.807) is 6.92 Å². The number of hydrogen-bond acceptors (Lipinski definition) is 4. The number of anilines is 1. The van der Waals surface area contributed by atoms with E-state index in [0.29, 0.717) is 11.3 Å². The van der Waals surface area contributed by atoms with Crippen LogP contribution in [-0.2, 0) is 14.9 Å². The summed E-state index contributed by atoms with van der Waals surface area (Å²) in [5.41, 5.74) is 9.02. The van der Waals surface area contributed by atoms with Crippen LogP contribution < -0.4 is 5.73 Å². The van der Waals surface area contributed by atoms with Gasteiger partial charge in [-0.15, -0.1) is 0 Å². The number of carbonyl (C=O) groups excluding carboxylic acids is 1. The van der Waals surface area contributed by atoms with Gasteiger partial charge >= 0.3 is 5.97 Å². The van der Waals surface area contributed by atoms with Crippen LogP contribution >= 0.6 is 0 Å². The predicted octanol–water partition coefficient (Wildman–Crippen LogP) is 3.05. The second kappa shape index (κ2) is 5.96. The second-order valence-corrected chi connectivity index (χ2v) is 5.86. The summed E-state index contributed by atoms with van der Waals surface area (Å²) in [5, 5.41) is 9.28. The zero-order valence-electron chi connectivity index (χ0n) is 12.8. The molecule has 0 aliphatic rings. The van der Waals surface area contributed by atoms with Gasteiger partial charge in [0, 0.05) is 5.69 Å². The van der Waals surface area contributed by atoms with Gasteiger partial charge in [0.05, 0.1) is 12.7 Å². The minimum Gasteiger partial charge on any atom is -0.465 e. The second-order valence-electron chi connectivity index (χ2n) is 5.86. The van der Waals surface area contributed by atoms with E-state index in [1.165, 1.54) is 0 Å². The molecule has 0 amide bonds. The number of benzene rings is 1. The van der Waals surface area contributed by atoms with E-state index in [2.05, 4.69) is 0 Å². The molecule has 0 heterocycles. The minimum atomic E-state index is -0.906.